The highest BCUT2D eigenvalue weighted by Gasteiger charge is 2.25. The van der Waals surface area contributed by atoms with E-state index in [-0.39, 0.29) is 0 Å². The minimum atomic E-state index is 0.865. The van der Waals surface area contributed by atoms with Crippen molar-refractivity contribution in [3.05, 3.63) is 0 Å². The van der Waals surface area contributed by atoms with Crippen LogP contribution in [0, 0.1) is 11.8 Å². The first-order valence-electron chi connectivity index (χ1n) is 6.59. The van der Waals surface area contributed by atoms with Crippen molar-refractivity contribution in [2.24, 2.45) is 11.8 Å². The fourth-order valence-electron chi connectivity index (χ4n) is 3.14. The Morgan fingerprint density at radius 2 is 1.57 bits per heavy atom. The van der Waals surface area contributed by atoms with Gasteiger partial charge in [0.05, 0.1) is 0 Å². The molecule has 1 N–H and O–H groups in total. The van der Waals surface area contributed by atoms with Gasteiger partial charge in [-0.1, -0.05) is 32.6 Å². The molecule has 0 radical (unpaired) electrons. The first-order chi connectivity index (χ1) is 6.86. The maximum Gasteiger partial charge on any atom is 0.00955 e. The zero-order valence-electron chi connectivity index (χ0n) is 9.60. The third kappa shape index (κ3) is 2.73. The van der Waals surface area contributed by atoms with E-state index < -0.39 is 0 Å². The van der Waals surface area contributed by atoms with Gasteiger partial charge in [-0.05, 0) is 44.1 Å². The van der Waals surface area contributed by atoms with Gasteiger partial charge in [0.2, 0.25) is 0 Å². The molecule has 1 heterocycles. The van der Waals surface area contributed by atoms with Crippen LogP contribution in [0.15, 0.2) is 0 Å². The van der Waals surface area contributed by atoms with Crippen molar-refractivity contribution in [3.8, 4) is 0 Å². The molecule has 1 saturated heterocycles. The molecule has 1 aliphatic carbocycles. The average Bonchev–Trinajstić information content (AvgIpc) is 2.47. The Kier molecular flexibility index (Phi) is 3.86. The molecule has 2 rings (SSSR count). The van der Waals surface area contributed by atoms with Crippen molar-refractivity contribution in [2.45, 2.75) is 64.3 Å². The minimum Gasteiger partial charge on any atom is -0.313 e. The molecule has 2 unspecified atom stereocenters. The summed E-state index contributed by atoms with van der Waals surface area (Å²) in [6.45, 7) is 3.64. The zero-order chi connectivity index (χ0) is 9.80. The number of hydrogen-bond donors (Lipinski definition) is 1. The van der Waals surface area contributed by atoms with Crippen LogP contribution in [0.3, 0.4) is 0 Å². The van der Waals surface area contributed by atoms with E-state index in [1.54, 1.807) is 0 Å². The number of nitrogens with one attached hydrogen (secondary N) is 1. The largest absolute Gasteiger partial charge is 0.313 e. The molecule has 14 heavy (non-hydrogen) atoms. The summed E-state index contributed by atoms with van der Waals surface area (Å²) in [7, 11) is 0. The van der Waals surface area contributed by atoms with E-state index in [2.05, 4.69) is 12.2 Å². The topological polar surface area (TPSA) is 12.0 Å². The van der Waals surface area contributed by atoms with E-state index in [1.165, 1.54) is 57.9 Å². The molecular weight excluding hydrogens is 170 g/mol. The van der Waals surface area contributed by atoms with Gasteiger partial charge in [-0.2, -0.15) is 0 Å². The normalized spacial score (nSPS) is 36.6. The first-order valence-corrected chi connectivity index (χ1v) is 6.59. The second-order valence-electron chi connectivity index (χ2n) is 5.45. The van der Waals surface area contributed by atoms with Gasteiger partial charge in [-0.15, -0.1) is 0 Å². The molecule has 2 atom stereocenters. The Labute approximate surface area is 88.7 Å². The Morgan fingerprint density at radius 3 is 2.14 bits per heavy atom. The molecule has 1 aliphatic heterocycles. The highest BCUT2D eigenvalue weighted by Crippen LogP contribution is 2.29. The fraction of sp³-hybridized carbons (Fsp3) is 1.00. The van der Waals surface area contributed by atoms with E-state index in [0.717, 1.165) is 17.9 Å². The van der Waals surface area contributed by atoms with Crippen molar-refractivity contribution in [3.63, 3.8) is 0 Å². The molecule has 0 amide bonds. The standard InChI is InChI=1S/C13H25N/c1-11-8-9-13(14-10-11)12-6-4-2-3-5-7-12/h11-14H,2-10H2,1H3. The molecule has 1 nitrogen and oxygen atoms in total. The van der Waals surface area contributed by atoms with Crippen LogP contribution in [0.1, 0.15) is 58.3 Å². The molecule has 0 aromatic rings. The van der Waals surface area contributed by atoms with Crippen LogP contribution in [0.5, 0.6) is 0 Å². The minimum absolute atomic E-state index is 0.865. The lowest BCUT2D eigenvalue weighted by Crippen LogP contribution is -2.42. The molecule has 0 aromatic heterocycles. The van der Waals surface area contributed by atoms with Crippen LogP contribution in [-0.4, -0.2) is 12.6 Å². The summed E-state index contributed by atoms with van der Waals surface area (Å²) in [5, 5.41) is 3.77. The molecule has 2 aliphatic rings. The van der Waals surface area contributed by atoms with Crippen LogP contribution in [0.25, 0.3) is 0 Å². The van der Waals surface area contributed by atoms with E-state index in [0.29, 0.717) is 0 Å². The van der Waals surface area contributed by atoms with Gasteiger partial charge >= 0.3 is 0 Å². The predicted molar refractivity (Wildman–Crippen MR) is 61.4 cm³/mol. The zero-order valence-corrected chi connectivity index (χ0v) is 9.60. The molecule has 0 spiro atoms. The predicted octanol–water partition coefficient (Wildman–Crippen LogP) is 3.34. The summed E-state index contributed by atoms with van der Waals surface area (Å²) < 4.78 is 0. The van der Waals surface area contributed by atoms with Gasteiger partial charge in [0, 0.05) is 6.04 Å². The SMILES string of the molecule is CC1CCC(C2CCCCCC2)NC1. The van der Waals surface area contributed by atoms with E-state index in [9.17, 15) is 0 Å². The quantitative estimate of drug-likeness (QED) is 0.633. The smallest absolute Gasteiger partial charge is 0.00955 e. The highest BCUT2D eigenvalue weighted by atomic mass is 14.9. The summed E-state index contributed by atoms with van der Waals surface area (Å²) in [4.78, 5) is 0. The Bertz CT molecular complexity index is 151. The average molecular weight is 195 g/mol. The van der Waals surface area contributed by atoms with Crippen molar-refractivity contribution < 1.29 is 0 Å². The number of piperidine rings is 1. The molecular formula is C13H25N. The van der Waals surface area contributed by atoms with E-state index in [4.69, 9.17) is 0 Å². The lowest BCUT2D eigenvalue weighted by Gasteiger charge is -2.33. The summed E-state index contributed by atoms with van der Waals surface area (Å²) in [6, 6.07) is 0.865. The maximum absolute atomic E-state index is 3.77. The van der Waals surface area contributed by atoms with Gasteiger partial charge in [0.15, 0.2) is 0 Å². The van der Waals surface area contributed by atoms with Crippen LogP contribution in [0.2, 0.25) is 0 Å². The first kappa shape index (κ1) is 10.5. The van der Waals surface area contributed by atoms with Crippen LogP contribution < -0.4 is 5.32 Å². The van der Waals surface area contributed by atoms with Crippen molar-refractivity contribution in [1.29, 1.82) is 0 Å². The van der Waals surface area contributed by atoms with Crippen molar-refractivity contribution in [2.75, 3.05) is 6.54 Å². The van der Waals surface area contributed by atoms with Gasteiger partial charge in [0.1, 0.15) is 0 Å². The second kappa shape index (κ2) is 5.16. The summed E-state index contributed by atoms with van der Waals surface area (Å²) in [6.07, 6.45) is 11.8. The van der Waals surface area contributed by atoms with Gasteiger partial charge in [-0.25, -0.2) is 0 Å². The van der Waals surface area contributed by atoms with E-state index >= 15 is 0 Å². The number of rotatable bonds is 1. The van der Waals surface area contributed by atoms with Crippen molar-refractivity contribution >= 4 is 0 Å². The maximum atomic E-state index is 3.77. The highest BCUT2D eigenvalue weighted by molar-refractivity contribution is 4.83. The van der Waals surface area contributed by atoms with Crippen LogP contribution in [0.4, 0.5) is 0 Å². The Morgan fingerprint density at radius 1 is 0.857 bits per heavy atom. The Hall–Kier alpha value is -0.0400. The van der Waals surface area contributed by atoms with Gasteiger partial charge < -0.3 is 5.32 Å². The van der Waals surface area contributed by atoms with Gasteiger partial charge in [-0.3, -0.25) is 0 Å². The van der Waals surface area contributed by atoms with Crippen LogP contribution in [-0.2, 0) is 0 Å². The third-order valence-corrected chi connectivity index (χ3v) is 4.17. The molecule has 0 bridgehead atoms. The summed E-state index contributed by atoms with van der Waals surface area (Å²) >= 11 is 0. The van der Waals surface area contributed by atoms with Crippen molar-refractivity contribution in [1.82, 2.24) is 5.32 Å². The molecule has 1 heteroatoms. The lowest BCUT2D eigenvalue weighted by molar-refractivity contribution is 0.237. The summed E-state index contributed by atoms with van der Waals surface area (Å²) in [5.41, 5.74) is 0. The third-order valence-electron chi connectivity index (χ3n) is 4.17. The molecule has 0 aromatic carbocycles. The lowest BCUT2D eigenvalue weighted by atomic mass is 9.84. The monoisotopic (exact) mass is 195 g/mol. The molecule has 1 saturated carbocycles. The second-order valence-corrected chi connectivity index (χ2v) is 5.45. The van der Waals surface area contributed by atoms with Gasteiger partial charge in [0.25, 0.3) is 0 Å². The van der Waals surface area contributed by atoms with Crippen LogP contribution >= 0.6 is 0 Å². The molecule has 82 valence electrons. The molecule has 2 fully saturated rings. The Balaban J connectivity index is 1.81. The summed E-state index contributed by atoms with van der Waals surface area (Å²) in [5.74, 6) is 1.92. The van der Waals surface area contributed by atoms with E-state index in [1.807, 2.05) is 0 Å². The fourth-order valence-corrected chi connectivity index (χ4v) is 3.14. The number of hydrogen-bond acceptors (Lipinski definition) is 1.